The second kappa shape index (κ2) is 8.26. The molecule has 1 aliphatic rings. The summed E-state index contributed by atoms with van der Waals surface area (Å²) < 4.78 is 7.76. The third kappa shape index (κ3) is 3.99. The summed E-state index contributed by atoms with van der Waals surface area (Å²) in [5.74, 6) is 0. The van der Waals surface area contributed by atoms with Crippen LogP contribution in [-0.4, -0.2) is 37.1 Å². The van der Waals surface area contributed by atoms with E-state index in [0.717, 1.165) is 37.6 Å². The largest absolute Gasteiger partial charge is 0.378 e. The third-order valence-corrected chi connectivity index (χ3v) is 5.87. The van der Waals surface area contributed by atoms with Gasteiger partial charge in [0.2, 0.25) is 0 Å². The lowest BCUT2D eigenvalue weighted by Gasteiger charge is -2.28. The van der Waals surface area contributed by atoms with Gasteiger partial charge < -0.3 is 14.2 Å². The molecule has 0 aliphatic carbocycles. The van der Waals surface area contributed by atoms with E-state index in [4.69, 9.17) is 9.73 Å². The Morgan fingerprint density at radius 1 is 0.931 bits per heavy atom. The predicted octanol–water partition coefficient (Wildman–Crippen LogP) is 5.30. The molecule has 0 unspecified atom stereocenters. The number of hydrogen-bond acceptors (Lipinski definition) is 3. The number of morpholine rings is 1. The van der Waals surface area contributed by atoms with Gasteiger partial charge in [0.05, 0.1) is 18.9 Å². The van der Waals surface area contributed by atoms with Crippen molar-refractivity contribution in [2.45, 2.75) is 27.7 Å². The van der Waals surface area contributed by atoms with Gasteiger partial charge in [-0.1, -0.05) is 12.1 Å². The van der Waals surface area contributed by atoms with E-state index in [-0.39, 0.29) is 0 Å². The highest BCUT2D eigenvalue weighted by Crippen LogP contribution is 2.25. The number of rotatable bonds is 4. The van der Waals surface area contributed by atoms with Gasteiger partial charge in [0, 0.05) is 47.6 Å². The Balaban J connectivity index is 1.57. The first-order valence-electron chi connectivity index (χ1n) is 10.3. The summed E-state index contributed by atoms with van der Waals surface area (Å²) in [5.41, 5.74) is 9.67. The fraction of sp³-hybridized carbons (Fsp3) is 0.320. The Bertz CT molecular complexity index is 1020. The molecule has 1 aliphatic heterocycles. The summed E-state index contributed by atoms with van der Waals surface area (Å²) in [7, 11) is 0. The summed E-state index contributed by atoms with van der Waals surface area (Å²) in [6.07, 6.45) is 1.98. The van der Waals surface area contributed by atoms with Crippen LogP contribution >= 0.6 is 0 Å². The number of nitrogens with zero attached hydrogens (tertiary/aromatic N) is 3. The van der Waals surface area contributed by atoms with E-state index >= 15 is 0 Å². The van der Waals surface area contributed by atoms with Crippen molar-refractivity contribution in [2.24, 2.45) is 4.99 Å². The quantitative estimate of drug-likeness (QED) is 0.569. The van der Waals surface area contributed by atoms with Gasteiger partial charge >= 0.3 is 0 Å². The zero-order chi connectivity index (χ0) is 20.4. The molecule has 0 spiro atoms. The van der Waals surface area contributed by atoms with Crippen molar-refractivity contribution < 1.29 is 4.74 Å². The number of hydrogen-bond donors (Lipinski definition) is 0. The summed E-state index contributed by atoms with van der Waals surface area (Å²) in [5, 5.41) is 0. The molecule has 0 radical (unpaired) electrons. The standard InChI is InChI=1S/C25H29N3O/c1-18-6-5-7-25(20(18)3)28-19(2)16-22(21(28)4)17-26-23-8-10-24(11-9-23)27-12-14-29-15-13-27/h5-11,16-17H,12-15H2,1-4H3. The maximum atomic E-state index is 5.43. The van der Waals surface area contributed by atoms with E-state index in [1.54, 1.807) is 0 Å². The van der Waals surface area contributed by atoms with Gasteiger partial charge in [-0.15, -0.1) is 0 Å². The first-order chi connectivity index (χ1) is 14.0. The van der Waals surface area contributed by atoms with Crippen molar-refractivity contribution in [3.8, 4) is 5.69 Å². The van der Waals surface area contributed by atoms with E-state index in [1.165, 1.54) is 33.9 Å². The molecule has 29 heavy (non-hydrogen) atoms. The smallest absolute Gasteiger partial charge is 0.0642 e. The Labute approximate surface area is 173 Å². The maximum Gasteiger partial charge on any atom is 0.0642 e. The summed E-state index contributed by atoms with van der Waals surface area (Å²) in [6.45, 7) is 12.2. The van der Waals surface area contributed by atoms with Gasteiger partial charge in [-0.05, 0) is 75.2 Å². The van der Waals surface area contributed by atoms with Crippen LogP contribution in [0.15, 0.2) is 53.5 Å². The Morgan fingerprint density at radius 3 is 2.38 bits per heavy atom. The number of ether oxygens (including phenoxy) is 1. The van der Waals surface area contributed by atoms with Crippen molar-refractivity contribution >= 4 is 17.6 Å². The molecule has 0 amide bonds. The highest BCUT2D eigenvalue weighted by molar-refractivity contribution is 5.84. The first-order valence-corrected chi connectivity index (χ1v) is 10.3. The molecule has 2 aromatic carbocycles. The van der Waals surface area contributed by atoms with E-state index in [9.17, 15) is 0 Å². The van der Waals surface area contributed by atoms with E-state index in [1.807, 2.05) is 6.21 Å². The van der Waals surface area contributed by atoms with Gasteiger partial charge in [-0.2, -0.15) is 0 Å². The lowest BCUT2D eigenvalue weighted by Crippen LogP contribution is -2.36. The lowest BCUT2D eigenvalue weighted by atomic mass is 10.1. The number of aryl methyl sites for hydroxylation is 2. The van der Waals surface area contributed by atoms with Crippen molar-refractivity contribution in [1.29, 1.82) is 0 Å². The highest BCUT2D eigenvalue weighted by Gasteiger charge is 2.13. The van der Waals surface area contributed by atoms with Crippen LogP contribution in [0.1, 0.15) is 28.1 Å². The van der Waals surface area contributed by atoms with Crippen molar-refractivity contribution in [3.63, 3.8) is 0 Å². The van der Waals surface area contributed by atoms with E-state index in [2.05, 4.69) is 85.7 Å². The van der Waals surface area contributed by atoms with Crippen molar-refractivity contribution in [2.75, 3.05) is 31.2 Å². The summed E-state index contributed by atoms with van der Waals surface area (Å²) in [4.78, 5) is 7.09. The molecule has 3 aromatic rings. The number of aliphatic imine (C=N–C) groups is 1. The third-order valence-electron chi connectivity index (χ3n) is 5.87. The molecular formula is C25H29N3O. The second-order valence-electron chi connectivity index (χ2n) is 7.75. The fourth-order valence-corrected chi connectivity index (χ4v) is 3.98. The molecule has 4 nitrogen and oxygen atoms in total. The second-order valence-corrected chi connectivity index (χ2v) is 7.75. The van der Waals surface area contributed by atoms with Crippen LogP contribution in [0.25, 0.3) is 5.69 Å². The van der Waals surface area contributed by atoms with Crippen LogP contribution in [0.3, 0.4) is 0 Å². The van der Waals surface area contributed by atoms with Gasteiger partial charge in [0.15, 0.2) is 0 Å². The van der Waals surface area contributed by atoms with Crippen molar-refractivity contribution in [1.82, 2.24) is 4.57 Å². The monoisotopic (exact) mass is 387 g/mol. The summed E-state index contributed by atoms with van der Waals surface area (Å²) >= 11 is 0. The average Bonchev–Trinajstić information content (AvgIpc) is 3.03. The Morgan fingerprint density at radius 2 is 1.66 bits per heavy atom. The summed E-state index contributed by atoms with van der Waals surface area (Å²) in [6, 6.07) is 17.2. The normalized spacial score (nSPS) is 14.7. The minimum absolute atomic E-state index is 0.802. The van der Waals surface area contributed by atoms with Gasteiger partial charge in [-0.25, -0.2) is 0 Å². The van der Waals surface area contributed by atoms with Crippen LogP contribution < -0.4 is 4.90 Å². The average molecular weight is 388 g/mol. The lowest BCUT2D eigenvalue weighted by molar-refractivity contribution is 0.122. The van der Waals surface area contributed by atoms with Gasteiger partial charge in [0.25, 0.3) is 0 Å². The van der Waals surface area contributed by atoms with Crippen molar-refractivity contribution in [3.05, 3.63) is 76.6 Å². The zero-order valence-electron chi connectivity index (χ0n) is 17.8. The number of anilines is 1. The molecule has 4 rings (SSSR count). The van der Waals surface area contributed by atoms with Gasteiger partial charge in [0.1, 0.15) is 0 Å². The Kier molecular flexibility index (Phi) is 5.54. The fourth-order valence-electron chi connectivity index (χ4n) is 3.98. The minimum Gasteiger partial charge on any atom is -0.378 e. The molecule has 0 saturated carbocycles. The molecule has 1 saturated heterocycles. The molecule has 0 atom stereocenters. The van der Waals surface area contributed by atoms with Crippen LogP contribution in [0, 0.1) is 27.7 Å². The topological polar surface area (TPSA) is 29.8 Å². The predicted molar refractivity (Wildman–Crippen MR) is 121 cm³/mol. The SMILES string of the molecule is Cc1cccc(-n2c(C)cc(C=Nc3ccc(N4CCOCC4)cc3)c2C)c1C. The number of aromatic nitrogens is 1. The minimum atomic E-state index is 0.802. The molecular weight excluding hydrogens is 358 g/mol. The molecule has 4 heteroatoms. The number of benzene rings is 2. The van der Waals surface area contributed by atoms with E-state index in [0.29, 0.717) is 0 Å². The molecule has 0 bridgehead atoms. The Hall–Kier alpha value is -2.85. The molecule has 1 fully saturated rings. The van der Waals surface area contributed by atoms with E-state index < -0.39 is 0 Å². The van der Waals surface area contributed by atoms with Gasteiger partial charge in [-0.3, -0.25) is 4.99 Å². The van der Waals surface area contributed by atoms with Crippen LogP contribution in [-0.2, 0) is 4.74 Å². The molecule has 2 heterocycles. The molecule has 1 aromatic heterocycles. The highest BCUT2D eigenvalue weighted by atomic mass is 16.5. The molecule has 0 N–H and O–H groups in total. The van der Waals surface area contributed by atoms with Crippen LogP contribution in [0.4, 0.5) is 11.4 Å². The van der Waals surface area contributed by atoms with Crippen LogP contribution in [0.2, 0.25) is 0 Å². The van der Waals surface area contributed by atoms with Crippen LogP contribution in [0.5, 0.6) is 0 Å². The molecule has 150 valence electrons. The first kappa shape index (κ1) is 19.5. The maximum absolute atomic E-state index is 5.43. The zero-order valence-corrected chi connectivity index (χ0v) is 17.8.